The number of halogens is 1. The third-order valence-corrected chi connectivity index (χ3v) is 6.02. The lowest BCUT2D eigenvalue weighted by Crippen LogP contribution is -2.42. The van der Waals surface area contributed by atoms with Crippen LogP contribution in [0.25, 0.3) is 0 Å². The van der Waals surface area contributed by atoms with Crippen LogP contribution < -0.4 is 0 Å². The van der Waals surface area contributed by atoms with Gasteiger partial charge in [-0.2, -0.15) is 4.31 Å². The normalized spacial score (nSPS) is 20.0. The van der Waals surface area contributed by atoms with Crippen LogP contribution in [0, 0.1) is 0 Å². The summed E-state index contributed by atoms with van der Waals surface area (Å²) in [6.45, 7) is 0.984. The number of rotatable bonds is 3. The average molecular weight is 338 g/mol. The molecule has 2 aromatic carbocycles. The maximum Gasteiger partial charge on any atom is 0.244 e. The number of morpholine rings is 1. The minimum absolute atomic E-state index is 0.144. The van der Waals surface area contributed by atoms with Crippen molar-refractivity contribution < 1.29 is 13.2 Å². The summed E-state index contributed by atoms with van der Waals surface area (Å²) in [7, 11) is -3.61. The second-order valence-corrected chi connectivity index (χ2v) is 7.38. The molecule has 1 atom stereocenters. The average Bonchev–Trinajstić information content (AvgIpc) is 2.56. The van der Waals surface area contributed by atoms with E-state index in [1.807, 2.05) is 30.3 Å². The van der Waals surface area contributed by atoms with Crippen LogP contribution >= 0.6 is 11.6 Å². The van der Waals surface area contributed by atoms with Crippen molar-refractivity contribution in [2.45, 2.75) is 11.0 Å². The van der Waals surface area contributed by atoms with Crippen molar-refractivity contribution >= 4 is 21.6 Å². The molecule has 0 bridgehead atoms. The Morgan fingerprint density at radius 2 is 1.73 bits per heavy atom. The molecule has 1 aliphatic heterocycles. The predicted octanol–water partition coefficient (Wildman–Crippen LogP) is 3.10. The van der Waals surface area contributed by atoms with E-state index in [4.69, 9.17) is 16.3 Å². The summed E-state index contributed by atoms with van der Waals surface area (Å²) in [6.07, 6.45) is -0.257. The van der Waals surface area contributed by atoms with E-state index in [0.29, 0.717) is 13.2 Å². The van der Waals surface area contributed by atoms with Crippen LogP contribution in [0.5, 0.6) is 0 Å². The molecular formula is C16H16ClNO3S. The summed E-state index contributed by atoms with van der Waals surface area (Å²) in [5, 5.41) is 0.241. The minimum Gasteiger partial charge on any atom is -0.371 e. The molecule has 0 spiro atoms. The van der Waals surface area contributed by atoms with E-state index < -0.39 is 10.0 Å². The Balaban J connectivity index is 1.87. The van der Waals surface area contributed by atoms with Gasteiger partial charge in [-0.1, -0.05) is 54.1 Å². The Morgan fingerprint density at radius 1 is 1.05 bits per heavy atom. The Labute approximate surface area is 135 Å². The fourth-order valence-corrected chi connectivity index (χ4v) is 4.42. The van der Waals surface area contributed by atoms with Gasteiger partial charge < -0.3 is 4.74 Å². The first-order valence-electron chi connectivity index (χ1n) is 7.00. The van der Waals surface area contributed by atoms with Gasteiger partial charge in [0, 0.05) is 13.1 Å². The molecule has 22 heavy (non-hydrogen) atoms. The first kappa shape index (κ1) is 15.5. The van der Waals surface area contributed by atoms with E-state index in [2.05, 4.69) is 0 Å². The van der Waals surface area contributed by atoms with Crippen LogP contribution in [-0.2, 0) is 14.8 Å². The Hall–Kier alpha value is -1.40. The Morgan fingerprint density at radius 3 is 2.45 bits per heavy atom. The maximum atomic E-state index is 12.8. The molecule has 1 heterocycles. The summed E-state index contributed by atoms with van der Waals surface area (Å²) in [5.74, 6) is 0. The molecule has 1 aliphatic rings. The lowest BCUT2D eigenvalue weighted by Gasteiger charge is -2.32. The second-order valence-electron chi connectivity index (χ2n) is 5.06. The summed E-state index contributed by atoms with van der Waals surface area (Å²) in [6, 6.07) is 16.1. The third kappa shape index (κ3) is 3.03. The van der Waals surface area contributed by atoms with Gasteiger partial charge in [0.1, 0.15) is 4.90 Å². The monoisotopic (exact) mass is 337 g/mol. The molecule has 0 radical (unpaired) electrons. The van der Waals surface area contributed by atoms with E-state index in [1.54, 1.807) is 18.2 Å². The number of nitrogens with zero attached hydrogens (tertiary/aromatic N) is 1. The number of ether oxygens (including phenoxy) is 1. The van der Waals surface area contributed by atoms with Crippen LogP contribution in [-0.4, -0.2) is 32.4 Å². The van der Waals surface area contributed by atoms with Gasteiger partial charge in [-0.3, -0.25) is 0 Å². The molecule has 6 heteroatoms. The second kappa shape index (κ2) is 6.38. The smallest absolute Gasteiger partial charge is 0.244 e. The van der Waals surface area contributed by atoms with Crippen molar-refractivity contribution in [1.29, 1.82) is 0 Å². The molecule has 2 aromatic rings. The van der Waals surface area contributed by atoms with Crippen molar-refractivity contribution in [2.24, 2.45) is 0 Å². The summed E-state index contributed by atoms with van der Waals surface area (Å²) in [5.41, 5.74) is 0.974. The fraction of sp³-hybridized carbons (Fsp3) is 0.250. The number of benzene rings is 2. The number of hydrogen-bond donors (Lipinski definition) is 0. The highest BCUT2D eigenvalue weighted by Gasteiger charge is 2.32. The third-order valence-electron chi connectivity index (χ3n) is 3.66. The molecule has 0 aliphatic carbocycles. The predicted molar refractivity (Wildman–Crippen MR) is 85.3 cm³/mol. The van der Waals surface area contributed by atoms with E-state index in [-0.39, 0.29) is 22.6 Å². The van der Waals surface area contributed by atoms with Crippen LogP contribution in [0.2, 0.25) is 5.02 Å². The minimum atomic E-state index is -3.61. The number of hydrogen-bond acceptors (Lipinski definition) is 3. The first-order valence-corrected chi connectivity index (χ1v) is 8.82. The fourth-order valence-electron chi connectivity index (χ4n) is 2.51. The molecule has 4 nitrogen and oxygen atoms in total. The maximum absolute atomic E-state index is 12.8. The van der Waals surface area contributed by atoms with Gasteiger partial charge >= 0.3 is 0 Å². The molecule has 3 rings (SSSR count). The SMILES string of the molecule is O=S(=O)(c1ccccc1Cl)N1CCOC(c2ccccc2)C1. The zero-order valence-electron chi connectivity index (χ0n) is 11.9. The lowest BCUT2D eigenvalue weighted by atomic mass is 10.1. The van der Waals surface area contributed by atoms with Crippen LogP contribution in [0.4, 0.5) is 0 Å². The molecule has 0 aromatic heterocycles. The van der Waals surface area contributed by atoms with E-state index in [9.17, 15) is 8.42 Å². The van der Waals surface area contributed by atoms with Gasteiger partial charge in [0.2, 0.25) is 10.0 Å². The van der Waals surface area contributed by atoms with Crippen molar-refractivity contribution in [3.63, 3.8) is 0 Å². The molecule has 116 valence electrons. The van der Waals surface area contributed by atoms with Crippen molar-refractivity contribution in [3.8, 4) is 0 Å². The largest absolute Gasteiger partial charge is 0.371 e. The van der Waals surface area contributed by atoms with Crippen LogP contribution in [0.1, 0.15) is 11.7 Å². The van der Waals surface area contributed by atoms with Gasteiger partial charge in [0.15, 0.2) is 0 Å². The van der Waals surface area contributed by atoms with Gasteiger partial charge in [0.25, 0.3) is 0 Å². The lowest BCUT2D eigenvalue weighted by molar-refractivity contribution is -0.00255. The van der Waals surface area contributed by atoms with Crippen molar-refractivity contribution in [2.75, 3.05) is 19.7 Å². The van der Waals surface area contributed by atoms with Gasteiger partial charge in [0.05, 0.1) is 17.7 Å². The molecule has 1 saturated heterocycles. The molecule has 0 saturated carbocycles. The van der Waals surface area contributed by atoms with Gasteiger partial charge in [-0.05, 0) is 17.7 Å². The van der Waals surface area contributed by atoms with E-state index >= 15 is 0 Å². The quantitative estimate of drug-likeness (QED) is 0.864. The highest BCUT2D eigenvalue weighted by Crippen LogP contribution is 2.29. The zero-order valence-corrected chi connectivity index (χ0v) is 13.4. The zero-order chi connectivity index (χ0) is 15.6. The number of sulfonamides is 1. The topological polar surface area (TPSA) is 46.6 Å². The Kier molecular flexibility index (Phi) is 4.49. The summed E-state index contributed by atoms with van der Waals surface area (Å²) < 4.78 is 32.7. The Bertz CT molecular complexity index is 749. The molecule has 0 N–H and O–H groups in total. The van der Waals surface area contributed by atoms with Crippen LogP contribution in [0.15, 0.2) is 59.5 Å². The van der Waals surface area contributed by atoms with Gasteiger partial charge in [-0.15, -0.1) is 0 Å². The molecule has 1 unspecified atom stereocenters. The van der Waals surface area contributed by atoms with Crippen molar-refractivity contribution in [3.05, 3.63) is 65.2 Å². The molecule has 0 amide bonds. The highest BCUT2D eigenvalue weighted by molar-refractivity contribution is 7.89. The van der Waals surface area contributed by atoms with E-state index in [0.717, 1.165) is 5.56 Å². The standard InChI is InChI=1S/C16H16ClNO3S/c17-14-8-4-5-9-16(14)22(19,20)18-10-11-21-15(12-18)13-6-2-1-3-7-13/h1-9,15H,10-12H2. The highest BCUT2D eigenvalue weighted by atomic mass is 35.5. The first-order chi connectivity index (χ1) is 10.6. The van der Waals surface area contributed by atoms with E-state index in [1.165, 1.54) is 10.4 Å². The summed E-state index contributed by atoms with van der Waals surface area (Å²) in [4.78, 5) is 0.144. The van der Waals surface area contributed by atoms with Crippen molar-refractivity contribution in [1.82, 2.24) is 4.31 Å². The molecule has 1 fully saturated rings. The summed E-state index contributed by atoms with van der Waals surface area (Å²) >= 11 is 6.04. The van der Waals surface area contributed by atoms with Crippen LogP contribution in [0.3, 0.4) is 0 Å². The molecular weight excluding hydrogens is 322 g/mol. The van der Waals surface area contributed by atoms with Gasteiger partial charge in [-0.25, -0.2) is 8.42 Å².